The van der Waals surface area contributed by atoms with Crippen molar-refractivity contribution in [2.45, 2.75) is 132 Å². The first-order valence-corrected chi connectivity index (χ1v) is 20.6. The molecule has 1 aliphatic rings. The van der Waals surface area contributed by atoms with Crippen molar-refractivity contribution in [3.8, 4) is 0 Å². The van der Waals surface area contributed by atoms with Crippen LogP contribution >= 0.6 is 0 Å². The first-order chi connectivity index (χ1) is 14.5. The molecule has 4 heteroatoms. The first kappa shape index (κ1) is 27.8. The molecule has 0 radical (unpaired) electrons. The van der Waals surface area contributed by atoms with Crippen LogP contribution in [0.1, 0.15) is 112 Å². The number of cyclic esters (lactones) is 1. The Morgan fingerprint density at radius 1 is 0.933 bits per heavy atom. The Balaban J connectivity index is 3.36. The molecule has 0 bridgehead atoms. The average Bonchev–Trinajstić information content (AvgIpc) is 3.12. The molecule has 0 aliphatic carbocycles. The Morgan fingerprint density at radius 2 is 1.47 bits per heavy atom. The Kier molecular flexibility index (Phi) is 14.5. The van der Waals surface area contributed by atoms with E-state index < -0.39 is 18.4 Å². The molecule has 0 spiro atoms. The van der Waals surface area contributed by atoms with Gasteiger partial charge in [-0.05, 0) is 0 Å². The van der Waals surface area contributed by atoms with Gasteiger partial charge in [-0.25, -0.2) is 0 Å². The average molecular weight is 528 g/mol. The zero-order valence-corrected chi connectivity index (χ0v) is 24.0. The molecule has 0 aromatic carbocycles. The molecule has 0 N–H and O–H groups in total. The van der Waals surface area contributed by atoms with Gasteiger partial charge in [0.2, 0.25) is 0 Å². The summed E-state index contributed by atoms with van der Waals surface area (Å²) in [4.78, 5) is 15.2. The topological polar surface area (TPSA) is 29.5 Å². The summed E-state index contributed by atoms with van der Waals surface area (Å²) in [6, 6.07) is 0.223. The third-order valence-electron chi connectivity index (χ3n) is 6.90. The molecule has 0 unspecified atom stereocenters. The molecule has 1 amide bonds. The van der Waals surface area contributed by atoms with Crippen LogP contribution in [0.25, 0.3) is 0 Å². The van der Waals surface area contributed by atoms with E-state index in [1.54, 1.807) is 0 Å². The van der Waals surface area contributed by atoms with E-state index >= 15 is 0 Å². The van der Waals surface area contributed by atoms with Gasteiger partial charge in [0, 0.05) is 0 Å². The van der Waals surface area contributed by atoms with Crippen LogP contribution < -0.4 is 0 Å². The molecule has 176 valence electrons. The van der Waals surface area contributed by atoms with E-state index in [4.69, 9.17) is 4.74 Å². The van der Waals surface area contributed by atoms with Gasteiger partial charge >= 0.3 is 193 Å². The second-order valence-corrected chi connectivity index (χ2v) is 22.8. The number of allylic oxidation sites excluding steroid dienone is 1. The van der Waals surface area contributed by atoms with E-state index in [2.05, 4.69) is 52.5 Å². The molecule has 0 saturated carbocycles. The minimum atomic E-state index is -2.73. The fourth-order valence-electron chi connectivity index (χ4n) is 4.89. The van der Waals surface area contributed by atoms with Crippen LogP contribution in [-0.2, 0) is 4.74 Å². The van der Waals surface area contributed by atoms with Crippen LogP contribution in [0.2, 0.25) is 13.3 Å². The summed E-state index contributed by atoms with van der Waals surface area (Å²) in [5.74, 6) is 0.437. The molecule has 1 saturated heterocycles. The number of unbranched alkanes of at least 4 members (excludes halogenated alkanes) is 7. The number of hydrogen-bond acceptors (Lipinski definition) is 2. The quantitative estimate of drug-likeness (QED) is 0.140. The Labute approximate surface area is 192 Å². The number of ether oxygens (including phenoxy) is 1. The third kappa shape index (κ3) is 8.39. The van der Waals surface area contributed by atoms with Crippen molar-refractivity contribution < 1.29 is 9.53 Å². The Morgan fingerprint density at radius 3 is 1.93 bits per heavy atom. The van der Waals surface area contributed by atoms with Crippen LogP contribution in [0, 0.1) is 5.92 Å². The van der Waals surface area contributed by atoms with Crippen molar-refractivity contribution in [2.24, 2.45) is 5.92 Å². The maximum absolute atomic E-state index is 13.0. The van der Waals surface area contributed by atoms with Crippen molar-refractivity contribution in [1.82, 2.24) is 4.90 Å². The first-order valence-electron chi connectivity index (χ1n) is 13.1. The van der Waals surface area contributed by atoms with E-state index in [1.807, 2.05) is 0 Å². The Hall–Kier alpha value is -0.191. The van der Waals surface area contributed by atoms with E-state index in [0.717, 1.165) is 6.42 Å². The molecule has 0 aromatic rings. The molecule has 1 rings (SSSR count). The fraction of sp³-hybridized carbons (Fsp3) is 0.885. The monoisotopic (exact) mass is 529 g/mol. The van der Waals surface area contributed by atoms with Gasteiger partial charge in [0.1, 0.15) is 0 Å². The van der Waals surface area contributed by atoms with Gasteiger partial charge in [-0.2, -0.15) is 0 Å². The fourth-order valence-corrected chi connectivity index (χ4v) is 21.9. The second-order valence-electron chi connectivity index (χ2n) is 9.79. The van der Waals surface area contributed by atoms with Crippen molar-refractivity contribution in [3.05, 3.63) is 9.79 Å². The normalized spacial score (nSPS) is 17.8. The van der Waals surface area contributed by atoms with Crippen molar-refractivity contribution in [3.63, 3.8) is 0 Å². The Bertz CT molecular complexity index is 481. The molecule has 0 aromatic heterocycles. The van der Waals surface area contributed by atoms with Crippen molar-refractivity contribution >= 4 is 24.5 Å². The van der Waals surface area contributed by atoms with Gasteiger partial charge in [0.25, 0.3) is 0 Å². The summed E-state index contributed by atoms with van der Waals surface area (Å²) in [5, 5.41) is 0. The molecule has 1 heterocycles. The van der Waals surface area contributed by atoms with E-state index in [-0.39, 0.29) is 12.1 Å². The zero-order chi connectivity index (χ0) is 22.4. The van der Waals surface area contributed by atoms with Gasteiger partial charge in [0.15, 0.2) is 0 Å². The van der Waals surface area contributed by atoms with Gasteiger partial charge in [-0.15, -0.1) is 0 Å². The van der Waals surface area contributed by atoms with Crippen LogP contribution in [0.4, 0.5) is 4.79 Å². The molecular weight excluding hydrogens is 477 g/mol. The number of carbonyl (C=O) groups excluding carboxylic acids is 1. The molecule has 30 heavy (non-hydrogen) atoms. The van der Waals surface area contributed by atoms with Crippen molar-refractivity contribution in [2.75, 3.05) is 6.61 Å². The summed E-state index contributed by atoms with van der Waals surface area (Å²) < 4.78 is 11.4. The van der Waals surface area contributed by atoms with Gasteiger partial charge < -0.3 is 0 Å². The maximum atomic E-state index is 13.0. The number of amides is 1. The molecule has 3 nitrogen and oxygen atoms in total. The zero-order valence-electron chi connectivity index (χ0n) is 21.1. The molecule has 1 fully saturated rings. The molecular formula is C26H51NO2Sn. The van der Waals surface area contributed by atoms with E-state index in [0.29, 0.717) is 12.5 Å². The molecule has 1 aliphatic heterocycles. The number of carbonyl (C=O) groups is 1. The van der Waals surface area contributed by atoms with Gasteiger partial charge in [0.05, 0.1) is 0 Å². The third-order valence-corrected chi connectivity index (χ3v) is 22.5. The summed E-state index contributed by atoms with van der Waals surface area (Å²) in [6.07, 6.45) is 16.5. The number of hydrogen-bond donors (Lipinski definition) is 0. The standard InChI is InChI=1S/C14H24NO2.3C4H9.Sn/c1-4-5-6-7-8-9-10-15-13(12(2)3)11-17-14(15)16;3*1-3-4-2;/h9,12-13H,4-8,11H2,1-3H3;3*1,3-4H2,2H3;/t13-;;;;/m1..../s1. The predicted molar refractivity (Wildman–Crippen MR) is 134 cm³/mol. The van der Waals surface area contributed by atoms with Crippen molar-refractivity contribution in [1.29, 1.82) is 0 Å². The van der Waals surface area contributed by atoms with Crippen LogP contribution in [0.15, 0.2) is 9.79 Å². The van der Waals surface area contributed by atoms with E-state index in [1.165, 1.54) is 81.2 Å². The predicted octanol–water partition coefficient (Wildman–Crippen LogP) is 8.71. The number of nitrogens with zero attached hydrogens (tertiary/aromatic N) is 1. The summed E-state index contributed by atoms with van der Waals surface area (Å²) in [6.45, 7) is 14.3. The summed E-state index contributed by atoms with van der Waals surface area (Å²) >= 11 is -2.73. The molecule has 1 atom stereocenters. The van der Waals surface area contributed by atoms with Gasteiger partial charge in [-0.1, -0.05) is 0 Å². The van der Waals surface area contributed by atoms with Crippen LogP contribution in [0.3, 0.4) is 0 Å². The minimum absolute atomic E-state index is 0.0564. The second kappa shape index (κ2) is 15.6. The van der Waals surface area contributed by atoms with Crippen LogP contribution in [-0.4, -0.2) is 42.0 Å². The number of rotatable bonds is 17. The van der Waals surface area contributed by atoms with Crippen LogP contribution in [0.5, 0.6) is 0 Å². The van der Waals surface area contributed by atoms with E-state index in [9.17, 15) is 4.79 Å². The SMILES string of the molecule is CCCCCC/C=[C](/N1C(=O)OC[C@@H]1C(C)C)[Sn]([CH2]CCC)([CH2]CCC)[CH2]CCC. The summed E-state index contributed by atoms with van der Waals surface area (Å²) in [5.41, 5.74) is 0. The van der Waals surface area contributed by atoms with Gasteiger partial charge in [-0.3, -0.25) is 0 Å². The summed E-state index contributed by atoms with van der Waals surface area (Å²) in [7, 11) is 0.